The minimum absolute atomic E-state index is 0. The summed E-state index contributed by atoms with van der Waals surface area (Å²) in [7, 11) is -4.65. The number of aliphatic hydroxyl groups excluding tert-OH is 4. The molecule has 2 aromatic heterocycles. The third-order valence-corrected chi connectivity index (χ3v) is 12.5. The quantitative estimate of drug-likeness (QED) is 0.0489. The molecule has 27 heteroatoms. The van der Waals surface area contributed by atoms with Crippen molar-refractivity contribution in [3.8, 4) is 22.5 Å². The summed E-state index contributed by atoms with van der Waals surface area (Å²) in [6.45, 7) is 7.41. The van der Waals surface area contributed by atoms with E-state index in [0.717, 1.165) is 21.1 Å². The molecule has 0 saturated carbocycles. The van der Waals surface area contributed by atoms with Crippen molar-refractivity contribution in [2.45, 2.75) is 102 Å². The van der Waals surface area contributed by atoms with E-state index in [4.69, 9.17) is 20.4 Å². The Labute approximate surface area is 463 Å². The number of anilines is 2. The molecule has 0 amide bonds. The van der Waals surface area contributed by atoms with Crippen LogP contribution in [0.2, 0.25) is 0 Å². The average Bonchev–Trinajstić information content (AvgIpc) is 3.28. The van der Waals surface area contributed by atoms with Gasteiger partial charge in [0.1, 0.15) is 11.6 Å². The van der Waals surface area contributed by atoms with Crippen LogP contribution in [0.25, 0.3) is 34.7 Å². The molecule has 0 bridgehead atoms. The van der Waals surface area contributed by atoms with Crippen molar-refractivity contribution in [3.63, 3.8) is 0 Å². The molecule has 0 aliphatic rings. The number of aromatic nitrogens is 4. The topological polar surface area (TPSA) is 356 Å². The van der Waals surface area contributed by atoms with Crippen LogP contribution in [0.1, 0.15) is 101 Å². The molecule has 0 aliphatic heterocycles. The number of aliphatic carboxylic acids is 4. The van der Waals surface area contributed by atoms with Gasteiger partial charge in [-0.05, 0) is 60.4 Å². The summed E-state index contributed by atoms with van der Waals surface area (Å²) in [5.74, 6) is -5.89. The summed E-state index contributed by atoms with van der Waals surface area (Å²) in [6, 6.07) is 11.0. The van der Waals surface area contributed by atoms with Gasteiger partial charge in [0, 0.05) is 49.2 Å². The van der Waals surface area contributed by atoms with Crippen molar-refractivity contribution in [1.82, 2.24) is 19.9 Å². The molecule has 0 aliphatic carbocycles. The number of carboxylic acids is 4. The van der Waals surface area contributed by atoms with Gasteiger partial charge in [0.25, 0.3) is 0 Å². The summed E-state index contributed by atoms with van der Waals surface area (Å²) in [6.07, 6.45) is 1.13. The third kappa shape index (κ3) is 23.5. The zero-order valence-electron chi connectivity index (χ0n) is 41.7. The molecule has 0 unspecified atom stereocenters. The van der Waals surface area contributed by atoms with Crippen LogP contribution < -0.4 is 8.61 Å². The number of carboxylic acid groups (broad SMARTS) is 4. The van der Waals surface area contributed by atoms with E-state index in [0.29, 0.717) is 45.0 Å². The second-order valence-electron chi connectivity index (χ2n) is 17.2. The molecule has 4 aromatic rings. The maximum absolute atomic E-state index is 13.5. The van der Waals surface area contributed by atoms with Crippen LogP contribution in [0, 0.1) is 11.6 Å². The summed E-state index contributed by atoms with van der Waals surface area (Å²) in [5, 5.41) is 73.4. The maximum atomic E-state index is 13.5. The first-order chi connectivity index (χ1) is 34.2. The standard InChI is InChI=1S/2C22H28FN3O6S.C4H6O4.Ca.2H/c2*1-13(2)20-18(10-9-16(27)11-17(28)12-19(29)30)21(14-5-7-15(23)8-6-14)25-22(24-20)26(3)33(4,31)32;5-3(6)1-2-4(7)8;;;/h2*5-10,13,16-17,27-28H,11-12H2,1-4H3,(H,29,30);1-2H2,(H,5,6)(H,7,8);;;/t2*16-,17-;;;;/m11..../s1. The van der Waals surface area contributed by atoms with E-state index in [1.54, 1.807) is 0 Å². The van der Waals surface area contributed by atoms with Gasteiger partial charge in [-0.2, -0.15) is 0 Å². The number of carbonyl (C=O) groups is 4. The molecule has 4 atom stereocenters. The van der Waals surface area contributed by atoms with Crippen LogP contribution in [-0.2, 0) is 39.2 Å². The molecule has 0 saturated heterocycles. The Morgan fingerprint density at radius 2 is 0.840 bits per heavy atom. The van der Waals surface area contributed by atoms with Crippen molar-refractivity contribution in [2.75, 3.05) is 35.2 Å². The molecule has 22 nitrogen and oxygen atoms in total. The van der Waals surface area contributed by atoms with Gasteiger partial charge in [-0.15, -0.1) is 0 Å². The Kier molecular flexibility index (Phi) is 27.7. The molecule has 410 valence electrons. The number of benzene rings is 2. The molecule has 8 N–H and O–H groups in total. The van der Waals surface area contributed by atoms with E-state index in [-0.39, 0.29) is 87.2 Å². The molecular formula is C48H64CaF2N6O16S2. The Hall–Kier alpha value is -5.58. The Morgan fingerprint density at radius 3 is 1.08 bits per heavy atom. The first-order valence-corrected chi connectivity index (χ1v) is 26.1. The van der Waals surface area contributed by atoms with Gasteiger partial charge in [0.05, 0.1) is 85.4 Å². The molecule has 0 spiro atoms. The fourth-order valence-corrected chi connectivity index (χ4v) is 7.06. The number of hydrogen-bond acceptors (Lipinski definition) is 16. The second-order valence-corrected chi connectivity index (χ2v) is 21.3. The van der Waals surface area contributed by atoms with Gasteiger partial charge in [-0.3, -0.25) is 19.2 Å². The van der Waals surface area contributed by atoms with Gasteiger partial charge in [-0.1, -0.05) is 52.0 Å². The Morgan fingerprint density at radius 1 is 0.547 bits per heavy atom. The summed E-state index contributed by atoms with van der Waals surface area (Å²) in [4.78, 5) is 58.4. The first kappa shape index (κ1) is 67.4. The van der Waals surface area contributed by atoms with E-state index in [2.05, 4.69) is 19.9 Å². The van der Waals surface area contributed by atoms with Crippen molar-refractivity contribution >= 4 is 106 Å². The second kappa shape index (κ2) is 30.8. The van der Waals surface area contributed by atoms with Crippen molar-refractivity contribution < 1.29 is 85.6 Å². The fourth-order valence-electron chi connectivity index (χ4n) is 6.30. The van der Waals surface area contributed by atoms with Gasteiger partial charge < -0.3 is 40.9 Å². The predicted octanol–water partition coefficient (Wildman–Crippen LogP) is 3.82. The van der Waals surface area contributed by atoms with Crippen molar-refractivity contribution in [1.29, 1.82) is 0 Å². The third-order valence-electron chi connectivity index (χ3n) is 10.2. The van der Waals surface area contributed by atoms with E-state index in [9.17, 15) is 65.2 Å². The molecule has 4 rings (SSSR count). The van der Waals surface area contributed by atoms with Crippen LogP contribution in [0.4, 0.5) is 20.7 Å². The minimum atomic E-state index is -3.65. The number of halogens is 2. The van der Waals surface area contributed by atoms with E-state index in [1.165, 1.54) is 86.9 Å². The summed E-state index contributed by atoms with van der Waals surface area (Å²) >= 11 is 0. The zero-order chi connectivity index (χ0) is 56.4. The van der Waals surface area contributed by atoms with Gasteiger partial charge in [0.15, 0.2) is 0 Å². The number of sulfonamides is 2. The Bertz CT molecular complexity index is 2670. The van der Waals surface area contributed by atoms with Crippen LogP contribution in [0.5, 0.6) is 0 Å². The number of hydrogen-bond donors (Lipinski definition) is 8. The fraction of sp³-hybridized carbons (Fsp3) is 0.417. The SMILES string of the molecule is CC(C)c1nc(N(C)S(C)(=O)=O)nc(-c2ccc(F)cc2)c1C=C[C@@H](O)C[C@@H](O)CC(=O)O.CC(C)c1nc(N(C)S(C)(=O)=O)nc(-c2ccc(F)cc2)c1C=C[C@@H](O)C[C@@H](O)CC(=O)O.O=C(O)CCC(=O)O.[CaH2]. The van der Waals surface area contributed by atoms with Crippen LogP contribution >= 0.6 is 0 Å². The van der Waals surface area contributed by atoms with E-state index in [1.807, 2.05) is 27.7 Å². The zero-order valence-corrected chi connectivity index (χ0v) is 43.4. The molecule has 0 radical (unpaired) electrons. The molecule has 2 heterocycles. The van der Waals surface area contributed by atoms with Crippen LogP contribution in [0.15, 0.2) is 60.7 Å². The number of nitrogens with zero attached hydrogens (tertiary/aromatic N) is 6. The first-order valence-electron chi connectivity index (χ1n) is 22.4. The monoisotopic (exact) mass is 1120 g/mol. The summed E-state index contributed by atoms with van der Waals surface area (Å²) < 4.78 is 77.2. The molecule has 75 heavy (non-hydrogen) atoms. The van der Waals surface area contributed by atoms with E-state index >= 15 is 0 Å². The summed E-state index contributed by atoms with van der Waals surface area (Å²) in [5.41, 5.74) is 3.60. The van der Waals surface area contributed by atoms with Gasteiger partial charge in [0.2, 0.25) is 31.9 Å². The predicted molar refractivity (Wildman–Crippen MR) is 278 cm³/mol. The van der Waals surface area contributed by atoms with Crippen molar-refractivity contribution in [2.24, 2.45) is 0 Å². The van der Waals surface area contributed by atoms with Gasteiger partial charge in [-0.25, -0.2) is 54.2 Å². The number of aliphatic hydroxyl groups is 4. The number of rotatable bonds is 23. The molecule has 0 fully saturated rings. The molecule has 2 aromatic carbocycles. The Balaban J connectivity index is 0.000000646. The van der Waals surface area contributed by atoms with Crippen LogP contribution in [-0.4, -0.2) is 190 Å². The average molecular weight is 1120 g/mol. The van der Waals surface area contributed by atoms with E-state index < -0.39 is 92.8 Å². The van der Waals surface area contributed by atoms with Crippen LogP contribution in [0.3, 0.4) is 0 Å². The normalized spacial score (nSPS) is 13.2. The van der Waals surface area contributed by atoms with Crippen molar-refractivity contribution in [3.05, 3.63) is 94.8 Å². The van der Waals surface area contributed by atoms with Gasteiger partial charge >= 0.3 is 61.6 Å². The molecular weight excluding hydrogens is 1060 g/mol.